The first-order valence-corrected chi connectivity index (χ1v) is 11.0. The Morgan fingerprint density at radius 2 is 1.88 bits per heavy atom. The molecular formula is C25H23NO5S. The first-order chi connectivity index (χ1) is 15.6. The SMILES string of the molecule is COc1ccc(C(=O)C=Cc2ccccc2OCc2ccccn2)cc1CSCC(=O)O. The molecule has 164 valence electrons. The van der Waals surface area contributed by atoms with Gasteiger partial charge in [-0.1, -0.05) is 24.3 Å². The summed E-state index contributed by atoms with van der Waals surface area (Å²) in [6.45, 7) is 0.329. The highest BCUT2D eigenvalue weighted by Crippen LogP contribution is 2.26. The molecule has 0 unspecified atom stereocenters. The van der Waals surface area contributed by atoms with Crippen molar-refractivity contribution in [3.63, 3.8) is 0 Å². The van der Waals surface area contributed by atoms with Gasteiger partial charge in [-0.05, 0) is 48.6 Å². The number of thioether (sulfide) groups is 1. The molecule has 0 amide bonds. The topological polar surface area (TPSA) is 85.7 Å². The summed E-state index contributed by atoms with van der Waals surface area (Å²) in [7, 11) is 1.55. The summed E-state index contributed by atoms with van der Waals surface area (Å²) in [5, 5.41) is 8.84. The third-order valence-electron chi connectivity index (χ3n) is 4.48. The molecule has 3 aromatic rings. The molecule has 0 spiro atoms. The van der Waals surface area contributed by atoms with Crippen molar-refractivity contribution >= 4 is 29.6 Å². The van der Waals surface area contributed by atoms with Gasteiger partial charge in [0.05, 0.1) is 18.6 Å². The monoisotopic (exact) mass is 449 g/mol. The average molecular weight is 450 g/mol. The lowest BCUT2D eigenvalue weighted by Gasteiger charge is -2.10. The standard InChI is InChI=1S/C25H23NO5S/c1-30-23-12-10-19(14-20(23)16-32-17-25(28)29)22(27)11-9-18-6-2-3-8-24(18)31-15-21-7-4-5-13-26-21/h2-14H,15-17H2,1H3,(H,28,29). The zero-order valence-corrected chi connectivity index (χ0v) is 18.4. The number of pyridine rings is 1. The summed E-state index contributed by atoms with van der Waals surface area (Å²) in [4.78, 5) is 27.8. The predicted octanol–water partition coefficient (Wildman–Crippen LogP) is 4.88. The van der Waals surface area contributed by atoms with E-state index in [1.54, 1.807) is 37.6 Å². The van der Waals surface area contributed by atoms with Crippen molar-refractivity contribution in [3.05, 3.63) is 95.3 Å². The van der Waals surface area contributed by atoms with Crippen LogP contribution in [0.1, 0.15) is 27.2 Å². The Hall–Kier alpha value is -3.58. The van der Waals surface area contributed by atoms with Crippen LogP contribution >= 0.6 is 11.8 Å². The van der Waals surface area contributed by atoms with Crippen molar-refractivity contribution in [2.45, 2.75) is 12.4 Å². The molecule has 0 atom stereocenters. The van der Waals surface area contributed by atoms with Crippen LogP contribution in [0.4, 0.5) is 0 Å². The molecule has 1 N–H and O–H groups in total. The molecule has 0 bridgehead atoms. The van der Waals surface area contributed by atoms with Gasteiger partial charge in [0.15, 0.2) is 5.78 Å². The minimum Gasteiger partial charge on any atom is -0.496 e. The predicted molar refractivity (Wildman–Crippen MR) is 125 cm³/mol. The van der Waals surface area contributed by atoms with Gasteiger partial charge in [0, 0.05) is 28.6 Å². The number of ether oxygens (including phenoxy) is 2. The largest absolute Gasteiger partial charge is 0.496 e. The number of allylic oxidation sites excluding steroid dienone is 1. The van der Waals surface area contributed by atoms with Gasteiger partial charge in [0.1, 0.15) is 18.1 Å². The van der Waals surface area contributed by atoms with E-state index in [1.165, 1.54) is 17.8 Å². The molecule has 0 saturated heterocycles. The molecular weight excluding hydrogens is 426 g/mol. The van der Waals surface area contributed by atoms with Gasteiger partial charge in [-0.25, -0.2) is 0 Å². The summed E-state index contributed by atoms with van der Waals surface area (Å²) in [6.07, 6.45) is 4.94. The fourth-order valence-electron chi connectivity index (χ4n) is 2.94. The first-order valence-electron chi connectivity index (χ1n) is 9.87. The maximum Gasteiger partial charge on any atom is 0.313 e. The lowest BCUT2D eigenvalue weighted by molar-refractivity contribution is -0.133. The molecule has 0 aliphatic heterocycles. The molecule has 3 rings (SSSR count). The Kier molecular flexibility index (Phi) is 8.45. The number of aromatic nitrogens is 1. The average Bonchev–Trinajstić information content (AvgIpc) is 2.82. The minimum atomic E-state index is -0.881. The number of hydrogen-bond donors (Lipinski definition) is 1. The van der Waals surface area contributed by atoms with Crippen LogP contribution in [0.3, 0.4) is 0 Å². The van der Waals surface area contributed by atoms with Crippen molar-refractivity contribution in [3.8, 4) is 11.5 Å². The lowest BCUT2D eigenvalue weighted by atomic mass is 10.1. The van der Waals surface area contributed by atoms with Crippen LogP contribution in [0.15, 0.2) is 72.9 Å². The Morgan fingerprint density at radius 3 is 2.62 bits per heavy atom. The van der Waals surface area contributed by atoms with E-state index in [-0.39, 0.29) is 11.5 Å². The molecule has 0 aliphatic carbocycles. The first kappa shape index (κ1) is 23.1. The number of nitrogens with zero attached hydrogens (tertiary/aromatic N) is 1. The van der Waals surface area contributed by atoms with E-state index in [9.17, 15) is 9.59 Å². The highest BCUT2D eigenvalue weighted by Gasteiger charge is 2.10. The second kappa shape index (κ2) is 11.7. The fraction of sp³-hybridized carbons (Fsp3) is 0.160. The van der Waals surface area contributed by atoms with Crippen LogP contribution in [0.2, 0.25) is 0 Å². The number of ketones is 1. The molecule has 2 aromatic carbocycles. The number of para-hydroxylation sites is 1. The van der Waals surface area contributed by atoms with E-state index in [4.69, 9.17) is 14.6 Å². The zero-order chi connectivity index (χ0) is 22.8. The number of hydrogen-bond acceptors (Lipinski definition) is 6. The molecule has 0 saturated carbocycles. The maximum absolute atomic E-state index is 12.8. The summed E-state index contributed by atoms with van der Waals surface area (Å²) >= 11 is 1.25. The second-order valence-corrected chi connectivity index (χ2v) is 7.74. The molecule has 7 heteroatoms. The summed E-state index contributed by atoms with van der Waals surface area (Å²) in [5.41, 5.74) is 2.87. The fourth-order valence-corrected chi connectivity index (χ4v) is 3.66. The van der Waals surface area contributed by atoms with Crippen molar-refractivity contribution in [2.75, 3.05) is 12.9 Å². The number of methoxy groups -OCH3 is 1. The highest BCUT2D eigenvalue weighted by atomic mass is 32.2. The van der Waals surface area contributed by atoms with Gasteiger partial charge in [-0.15, -0.1) is 11.8 Å². The van der Waals surface area contributed by atoms with Gasteiger partial charge >= 0.3 is 5.97 Å². The molecule has 0 fully saturated rings. The van der Waals surface area contributed by atoms with Crippen LogP contribution in [0.25, 0.3) is 6.08 Å². The summed E-state index contributed by atoms with van der Waals surface area (Å²) in [6, 6.07) is 18.3. The van der Waals surface area contributed by atoms with Crippen molar-refractivity contribution < 1.29 is 24.2 Å². The van der Waals surface area contributed by atoms with Crippen molar-refractivity contribution in [1.29, 1.82) is 0 Å². The van der Waals surface area contributed by atoms with Gasteiger partial charge in [-0.2, -0.15) is 0 Å². The van der Waals surface area contributed by atoms with E-state index < -0.39 is 5.97 Å². The zero-order valence-electron chi connectivity index (χ0n) is 17.6. The van der Waals surface area contributed by atoms with Gasteiger partial charge in [0.25, 0.3) is 0 Å². The summed E-state index contributed by atoms with van der Waals surface area (Å²) in [5.74, 6) is 0.644. The van der Waals surface area contributed by atoms with Crippen LogP contribution in [-0.4, -0.2) is 34.7 Å². The van der Waals surface area contributed by atoms with E-state index in [2.05, 4.69) is 4.98 Å². The number of carbonyl (C=O) groups is 2. The number of benzene rings is 2. The van der Waals surface area contributed by atoms with Crippen molar-refractivity contribution in [2.24, 2.45) is 0 Å². The maximum atomic E-state index is 12.8. The molecule has 1 heterocycles. The Morgan fingerprint density at radius 1 is 1.06 bits per heavy atom. The Balaban J connectivity index is 1.71. The number of carboxylic acid groups (broad SMARTS) is 1. The Labute approximate surface area is 190 Å². The molecule has 0 radical (unpaired) electrons. The Bertz CT molecular complexity index is 1100. The number of carbonyl (C=O) groups excluding carboxylic acids is 1. The van der Waals surface area contributed by atoms with E-state index in [0.29, 0.717) is 29.4 Å². The van der Waals surface area contributed by atoms with Crippen molar-refractivity contribution in [1.82, 2.24) is 4.98 Å². The van der Waals surface area contributed by atoms with Crippen LogP contribution in [0.5, 0.6) is 11.5 Å². The number of aliphatic carboxylic acids is 1. The van der Waals surface area contributed by atoms with E-state index >= 15 is 0 Å². The van der Waals surface area contributed by atoms with Gasteiger partial charge < -0.3 is 14.6 Å². The summed E-state index contributed by atoms with van der Waals surface area (Å²) < 4.78 is 11.2. The van der Waals surface area contributed by atoms with Gasteiger partial charge in [0.2, 0.25) is 0 Å². The number of carboxylic acids is 1. The molecule has 32 heavy (non-hydrogen) atoms. The molecule has 1 aromatic heterocycles. The van der Waals surface area contributed by atoms with Gasteiger partial charge in [-0.3, -0.25) is 14.6 Å². The normalized spacial score (nSPS) is 10.8. The van der Waals surface area contributed by atoms with Crippen LogP contribution in [-0.2, 0) is 17.2 Å². The van der Waals surface area contributed by atoms with Crippen LogP contribution < -0.4 is 9.47 Å². The molecule has 0 aliphatic rings. The minimum absolute atomic E-state index is 0.0173. The molecule has 6 nitrogen and oxygen atoms in total. The van der Waals surface area contributed by atoms with E-state index in [1.807, 2.05) is 42.5 Å². The highest BCUT2D eigenvalue weighted by molar-refractivity contribution is 7.99. The van der Waals surface area contributed by atoms with Crippen LogP contribution in [0, 0.1) is 0 Å². The third kappa shape index (κ3) is 6.72. The second-order valence-electron chi connectivity index (χ2n) is 6.76. The smallest absolute Gasteiger partial charge is 0.313 e. The quantitative estimate of drug-likeness (QED) is 0.330. The van der Waals surface area contributed by atoms with E-state index in [0.717, 1.165) is 16.8 Å². The lowest BCUT2D eigenvalue weighted by Crippen LogP contribution is -2.01. The number of rotatable bonds is 11. The third-order valence-corrected chi connectivity index (χ3v) is 5.45.